The number of thioether (sulfide) groups is 1. The molecule has 0 saturated heterocycles. The Morgan fingerprint density at radius 2 is 2.07 bits per heavy atom. The molecule has 136 valence electrons. The maximum atomic E-state index is 13.5. The summed E-state index contributed by atoms with van der Waals surface area (Å²) in [5.74, 6) is -0.213. The fourth-order valence-corrected chi connectivity index (χ4v) is 3.71. The predicted octanol–water partition coefficient (Wildman–Crippen LogP) is 4.60. The predicted molar refractivity (Wildman–Crippen MR) is 107 cm³/mol. The van der Waals surface area contributed by atoms with Gasteiger partial charge < -0.3 is 10.3 Å². The number of benzene rings is 2. The minimum absolute atomic E-state index is 0.109. The van der Waals surface area contributed by atoms with E-state index >= 15 is 0 Å². The SMILES string of the molecule is Cc1cccc(NC(=O)CSc2ncnc3c2[nH]c2ccc(F)cc23)c1C. The summed E-state index contributed by atoms with van der Waals surface area (Å²) in [7, 11) is 0. The number of nitrogens with zero attached hydrogens (tertiary/aromatic N) is 2. The normalized spacial score (nSPS) is 11.2. The Labute approximate surface area is 159 Å². The van der Waals surface area contributed by atoms with Gasteiger partial charge in [-0.2, -0.15) is 0 Å². The highest BCUT2D eigenvalue weighted by Crippen LogP contribution is 2.30. The lowest BCUT2D eigenvalue weighted by atomic mass is 10.1. The van der Waals surface area contributed by atoms with E-state index in [4.69, 9.17) is 0 Å². The van der Waals surface area contributed by atoms with Gasteiger partial charge in [0.2, 0.25) is 5.91 Å². The van der Waals surface area contributed by atoms with Crippen LogP contribution in [0.15, 0.2) is 47.8 Å². The summed E-state index contributed by atoms with van der Waals surface area (Å²) >= 11 is 1.32. The third-order valence-corrected chi connectivity index (χ3v) is 5.52. The first-order valence-corrected chi connectivity index (χ1v) is 9.42. The Kier molecular flexibility index (Phi) is 4.53. The second-order valence-electron chi connectivity index (χ2n) is 6.30. The summed E-state index contributed by atoms with van der Waals surface area (Å²) < 4.78 is 13.5. The van der Waals surface area contributed by atoms with Crippen molar-refractivity contribution in [2.75, 3.05) is 11.1 Å². The zero-order chi connectivity index (χ0) is 19.0. The van der Waals surface area contributed by atoms with Gasteiger partial charge in [0, 0.05) is 16.6 Å². The maximum Gasteiger partial charge on any atom is 0.234 e. The summed E-state index contributed by atoms with van der Waals surface area (Å²) in [5, 5.41) is 4.30. The molecule has 0 aliphatic rings. The molecule has 2 aromatic carbocycles. The lowest BCUT2D eigenvalue weighted by Gasteiger charge is -2.10. The minimum atomic E-state index is -0.316. The lowest BCUT2D eigenvalue weighted by Crippen LogP contribution is -2.15. The Morgan fingerprint density at radius 3 is 2.93 bits per heavy atom. The van der Waals surface area contributed by atoms with Crippen molar-refractivity contribution < 1.29 is 9.18 Å². The van der Waals surface area contributed by atoms with Gasteiger partial charge in [-0.15, -0.1) is 0 Å². The number of halogens is 1. The van der Waals surface area contributed by atoms with Crippen molar-refractivity contribution in [2.24, 2.45) is 0 Å². The number of carbonyl (C=O) groups excluding carboxylic acids is 1. The molecule has 0 bridgehead atoms. The highest BCUT2D eigenvalue weighted by atomic mass is 32.2. The smallest absolute Gasteiger partial charge is 0.234 e. The molecule has 0 radical (unpaired) electrons. The monoisotopic (exact) mass is 380 g/mol. The first-order valence-electron chi connectivity index (χ1n) is 8.44. The Bertz CT molecular complexity index is 1170. The largest absolute Gasteiger partial charge is 0.351 e. The number of amides is 1. The molecule has 0 aliphatic heterocycles. The molecule has 2 heterocycles. The molecule has 0 aliphatic carbocycles. The van der Waals surface area contributed by atoms with Gasteiger partial charge in [0.15, 0.2) is 0 Å². The van der Waals surface area contributed by atoms with E-state index in [-0.39, 0.29) is 17.5 Å². The average molecular weight is 380 g/mol. The number of anilines is 1. The quantitative estimate of drug-likeness (QED) is 0.401. The van der Waals surface area contributed by atoms with E-state index in [1.807, 2.05) is 32.0 Å². The van der Waals surface area contributed by atoms with Crippen molar-refractivity contribution in [3.8, 4) is 0 Å². The van der Waals surface area contributed by atoms with Crippen molar-refractivity contribution in [1.29, 1.82) is 0 Å². The second-order valence-corrected chi connectivity index (χ2v) is 7.27. The van der Waals surface area contributed by atoms with E-state index in [1.165, 1.54) is 30.2 Å². The third kappa shape index (κ3) is 3.38. The van der Waals surface area contributed by atoms with Crippen LogP contribution in [0.5, 0.6) is 0 Å². The number of H-pyrrole nitrogens is 1. The summed E-state index contributed by atoms with van der Waals surface area (Å²) in [6, 6.07) is 10.3. The van der Waals surface area contributed by atoms with E-state index in [0.29, 0.717) is 21.4 Å². The first-order chi connectivity index (χ1) is 13.0. The number of aromatic nitrogens is 3. The van der Waals surface area contributed by atoms with Gasteiger partial charge in [-0.3, -0.25) is 4.79 Å². The van der Waals surface area contributed by atoms with Crippen LogP contribution >= 0.6 is 11.8 Å². The van der Waals surface area contributed by atoms with Crippen molar-refractivity contribution in [1.82, 2.24) is 15.0 Å². The Hall–Kier alpha value is -2.93. The van der Waals surface area contributed by atoms with Crippen molar-refractivity contribution in [2.45, 2.75) is 18.9 Å². The van der Waals surface area contributed by atoms with E-state index < -0.39 is 0 Å². The molecule has 4 rings (SSSR count). The topological polar surface area (TPSA) is 70.7 Å². The van der Waals surface area contributed by atoms with Crippen LogP contribution in [0.4, 0.5) is 10.1 Å². The Balaban J connectivity index is 1.56. The molecule has 5 nitrogen and oxygen atoms in total. The van der Waals surface area contributed by atoms with E-state index in [9.17, 15) is 9.18 Å². The third-order valence-electron chi connectivity index (χ3n) is 4.53. The molecule has 1 amide bonds. The summed E-state index contributed by atoms with van der Waals surface area (Å²) in [6.45, 7) is 3.99. The number of carbonyl (C=O) groups is 1. The van der Waals surface area contributed by atoms with Crippen LogP contribution in [0, 0.1) is 19.7 Å². The number of fused-ring (bicyclic) bond motifs is 3. The standard InChI is InChI=1S/C20H17FN4OS/c1-11-4-3-5-15(12(11)2)24-17(26)9-27-20-19-18(22-10-23-20)14-8-13(21)6-7-16(14)25-19/h3-8,10,25H,9H2,1-2H3,(H,24,26). The van der Waals surface area contributed by atoms with E-state index in [2.05, 4.69) is 20.3 Å². The van der Waals surface area contributed by atoms with E-state index in [0.717, 1.165) is 22.3 Å². The highest BCUT2D eigenvalue weighted by molar-refractivity contribution is 8.00. The van der Waals surface area contributed by atoms with E-state index in [1.54, 1.807) is 6.07 Å². The van der Waals surface area contributed by atoms with Gasteiger partial charge in [0.25, 0.3) is 0 Å². The number of rotatable bonds is 4. The average Bonchev–Trinajstić information content (AvgIpc) is 3.02. The van der Waals surface area contributed by atoms with Gasteiger partial charge in [0.05, 0.1) is 11.3 Å². The van der Waals surface area contributed by atoms with Crippen LogP contribution in [0.1, 0.15) is 11.1 Å². The fraction of sp³-hybridized carbons (Fsp3) is 0.150. The molecule has 0 atom stereocenters. The van der Waals surface area contributed by atoms with Crippen molar-refractivity contribution >= 4 is 45.3 Å². The Morgan fingerprint density at radius 1 is 1.22 bits per heavy atom. The molecule has 4 aromatic rings. The van der Waals surface area contributed by atoms with Crippen LogP contribution in [0.3, 0.4) is 0 Å². The number of aryl methyl sites for hydroxylation is 1. The molecular weight excluding hydrogens is 363 g/mol. The summed E-state index contributed by atoms with van der Waals surface area (Å²) in [4.78, 5) is 24.1. The molecule has 2 N–H and O–H groups in total. The minimum Gasteiger partial charge on any atom is -0.351 e. The van der Waals surface area contributed by atoms with Gasteiger partial charge in [-0.25, -0.2) is 14.4 Å². The van der Waals surface area contributed by atoms with Crippen LogP contribution < -0.4 is 5.32 Å². The van der Waals surface area contributed by atoms with Gasteiger partial charge in [-0.1, -0.05) is 23.9 Å². The number of hydrogen-bond donors (Lipinski definition) is 2. The second kappa shape index (κ2) is 7.00. The number of hydrogen-bond acceptors (Lipinski definition) is 4. The molecule has 0 unspecified atom stereocenters. The molecule has 0 spiro atoms. The number of nitrogens with one attached hydrogen (secondary N) is 2. The van der Waals surface area contributed by atoms with Gasteiger partial charge in [-0.05, 0) is 49.2 Å². The first kappa shape index (κ1) is 17.5. The zero-order valence-electron chi connectivity index (χ0n) is 14.8. The van der Waals surface area contributed by atoms with Crippen molar-refractivity contribution in [3.05, 3.63) is 59.7 Å². The van der Waals surface area contributed by atoms with Crippen LogP contribution in [0.25, 0.3) is 21.9 Å². The summed E-state index contributed by atoms with van der Waals surface area (Å²) in [6.07, 6.45) is 1.44. The van der Waals surface area contributed by atoms with Crippen LogP contribution in [-0.4, -0.2) is 26.6 Å². The zero-order valence-corrected chi connectivity index (χ0v) is 15.7. The van der Waals surface area contributed by atoms with Gasteiger partial charge >= 0.3 is 0 Å². The maximum absolute atomic E-state index is 13.5. The molecule has 0 fully saturated rings. The van der Waals surface area contributed by atoms with Crippen molar-refractivity contribution in [3.63, 3.8) is 0 Å². The molecule has 2 aromatic heterocycles. The van der Waals surface area contributed by atoms with Gasteiger partial charge in [0.1, 0.15) is 22.7 Å². The molecule has 0 saturated carbocycles. The molecule has 7 heteroatoms. The lowest BCUT2D eigenvalue weighted by molar-refractivity contribution is -0.113. The fourth-order valence-electron chi connectivity index (χ4n) is 2.96. The van der Waals surface area contributed by atoms with Crippen LogP contribution in [-0.2, 0) is 4.79 Å². The van der Waals surface area contributed by atoms with Crippen LogP contribution in [0.2, 0.25) is 0 Å². The number of aromatic amines is 1. The molecule has 27 heavy (non-hydrogen) atoms. The highest BCUT2D eigenvalue weighted by Gasteiger charge is 2.13. The molecular formula is C20H17FN4OS. The summed E-state index contributed by atoms with van der Waals surface area (Å²) in [5.41, 5.74) is 5.14.